The van der Waals surface area contributed by atoms with Crippen LogP contribution < -0.4 is 5.32 Å². The van der Waals surface area contributed by atoms with Gasteiger partial charge < -0.3 is 5.32 Å². The molecule has 0 unspecified atom stereocenters. The molecule has 4 fully saturated rings. The Morgan fingerprint density at radius 3 is 2.15 bits per heavy atom. The number of benzene rings is 2. The number of anilines is 1. The highest BCUT2D eigenvalue weighted by molar-refractivity contribution is 5.90. The Hall–Kier alpha value is -3.01. The average molecular weight is 452 g/mol. The topological polar surface area (TPSA) is 54.9 Å². The van der Waals surface area contributed by atoms with E-state index in [9.17, 15) is 4.79 Å². The SMILES string of the molecule is O=C(CCc1ccccc1)Nc1ncc(-c2ccccc2)nc1CC12CC3CC(CC(C3)C1)C2. The molecule has 4 aliphatic carbocycles. The van der Waals surface area contributed by atoms with Gasteiger partial charge in [0.15, 0.2) is 5.82 Å². The monoisotopic (exact) mass is 451 g/mol. The molecule has 4 nitrogen and oxygen atoms in total. The van der Waals surface area contributed by atoms with E-state index >= 15 is 0 Å². The molecular formula is C30H33N3O. The summed E-state index contributed by atoms with van der Waals surface area (Å²) in [7, 11) is 0. The Balaban J connectivity index is 1.26. The van der Waals surface area contributed by atoms with Crippen molar-refractivity contribution in [3.05, 3.63) is 78.1 Å². The van der Waals surface area contributed by atoms with E-state index in [-0.39, 0.29) is 5.91 Å². The van der Waals surface area contributed by atoms with Crippen LogP contribution in [0.25, 0.3) is 11.3 Å². The molecule has 1 aromatic heterocycles. The number of rotatable bonds is 7. The van der Waals surface area contributed by atoms with Crippen molar-refractivity contribution < 1.29 is 4.79 Å². The standard InChI is InChI=1S/C30H33N3O/c34-28(12-11-21-7-3-1-4-8-21)33-29-26(32-27(20-31-29)25-9-5-2-6-10-25)19-30-16-22-13-23(17-30)15-24(14-22)18-30/h1-10,20,22-24H,11-19H2,(H,31,33,34). The summed E-state index contributed by atoms with van der Waals surface area (Å²) >= 11 is 0. The maximum atomic E-state index is 12.9. The second-order valence-electron chi connectivity index (χ2n) is 11.0. The lowest BCUT2D eigenvalue weighted by atomic mass is 9.48. The molecule has 4 saturated carbocycles. The van der Waals surface area contributed by atoms with E-state index in [1.54, 1.807) is 0 Å². The van der Waals surface area contributed by atoms with Gasteiger partial charge in [0.2, 0.25) is 5.91 Å². The van der Waals surface area contributed by atoms with E-state index < -0.39 is 0 Å². The summed E-state index contributed by atoms with van der Waals surface area (Å²) in [5.74, 6) is 3.34. The summed E-state index contributed by atoms with van der Waals surface area (Å²) in [6.45, 7) is 0. The van der Waals surface area contributed by atoms with Gasteiger partial charge in [-0.1, -0.05) is 60.7 Å². The highest BCUT2D eigenvalue weighted by Gasteiger charge is 2.51. The summed E-state index contributed by atoms with van der Waals surface area (Å²) in [5, 5.41) is 3.13. The maximum absolute atomic E-state index is 12.9. The largest absolute Gasteiger partial charge is 0.309 e. The molecule has 34 heavy (non-hydrogen) atoms. The van der Waals surface area contributed by atoms with Gasteiger partial charge >= 0.3 is 0 Å². The third kappa shape index (κ3) is 4.51. The van der Waals surface area contributed by atoms with Crippen molar-refractivity contribution >= 4 is 11.7 Å². The fourth-order valence-corrected chi connectivity index (χ4v) is 7.36. The normalized spacial score (nSPS) is 27.0. The summed E-state index contributed by atoms with van der Waals surface area (Å²) in [4.78, 5) is 22.7. The zero-order valence-electron chi connectivity index (χ0n) is 19.7. The van der Waals surface area contributed by atoms with E-state index in [2.05, 4.69) is 29.6 Å². The van der Waals surface area contributed by atoms with Crippen molar-refractivity contribution in [2.75, 3.05) is 5.32 Å². The molecule has 0 radical (unpaired) electrons. The van der Waals surface area contributed by atoms with E-state index in [0.29, 0.717) is 17.7 Å². The van der Waals surface area contributed by atoms with Crippen molar-refractivity contribution in [1.29, 1.82) is 0 Å². The van der Waals surface area contributed by atoms with E-state index in [4.69, 9.17) is 9.97 Å². The van der Waals surface area contributed by atoms with Crippen molar-refractivity contribution in [2.24, 2.45) is 23.2 Å². The Labute approximate surface area is 202 Å². The van der Waals surface area contributed by atoms with Gasteiger partial charge in [-0.05, 0) is 80.1 Å². The lowest BCUT2D eigenvalue weighted by Crippen LogP contribution is -2.47. The minimum atomic E-state index is 0.0115. The first-order valence-corrected chi connectivity index (χ1v) is 12.9. The molecule has 1 heterocycles. The van der Waals surface area contributed by atoms with Crippen LogP contribution in [0, 0.1) is 23.2 Å². The molecule has 1 N–H and O–H groups in total. The Bertz CT molecular complexity index is 1120. The Kier molecular flexibility index (Phi) is 5.68. The van der Waals surface area contributed by atoms with Gasteiger partial charge in [-0.3, -0.25) is 4.79 Å². The maximum Gasteiger partial charge on any atom is 0.225 e. The highest BCUT2D eigenvalue weighted by Crippen LogP contribution is 2.61. The first kappa shape index (κ1) is 21.5. The van der Waals surface area contributed by atoms with Crippen molar-refractivity contribution in [2.45, 2.75) is 57.8 Å². The van der Waals surface area contributed by atoms with Crippen LogP contribution >= 0.6 is 0 Å². The van der Waals surface area contributed by atoms with Gasteiger partial charge in [0.1, 0.15) is 0 Å². The molecule has 0 saturated heterocycles. The lowest BCUT2D eigenvalue weighted by molar-refractivity contribution is -0.116. The van der Waals surface area contributed by atoms with Crippen molar-refractivity contribution in [3.8, 4) is 11.3 Å². The molecule has 174 valence electrons. The Morgan fingerprint density at radius 1 is 0.882 bits per heavy atom. The number of nitrogens with one attached hydrogen (secondary N) is 1. The predicted molar refractivity (Wildman–Crippen MR) is 135 cm³/mol. The highest BCUT2D eigenvalue weighted by atomic mass is 16.1. The zero-order chi connectivity index (χ0) is 23.0. The fraction of sp³-hybridized carbons (Fsp3) is 0.433. The molecule has 0 atom stereocenters. The number of hydrogen-bond donors (Lipinski definition) is 1. The van der Waals surface area contributed by atoms with Crippen molar-refractivity contribution in [1.82, 2.24) is 9.97 Å². The number of aryl methyl sites for hydroxylation is 1. The molecule has 0 spiro atoms. The third-order valence-corrected chi connectivity index (χ3v) is 8.36. The summed E-state index contributed by atoms with van der Waals surface area (Å²) in [6, 6.07) is 20.4. The quantitative estimate of drug-likeness (QED) is 0.448. The van der Waals surface area contributed by atoms with Crippen LogP contribution in [0.15, 0.2) is 66.9 Å². The average Bonchev–Trinajstić information content (AvgIpc) is 2.84. The fourth-order valence-electron chi connectivity index (χ4n) is 7.36. The number of aromatic nitrogens is 2. The van der Waals surface area contributed by atoms with Crippen LogP contribution in [-0.2, 0) is 17.6 Å². The van der Waals surface area contributed by atoms with Gasteiger partial charge in [-0.25, -0.2) is 9.97 Å². The van der Waals surface area contributed by atoms with Gasteiger partial charge in [0.25, 0.3) is 0 Å². The second-order valence-corrected chi connectivity index (χ2v) is 11.0. The van der Waals surface area contributed by atoms with Crippen LogP contribution in [0.2, 0.25) is 0 Å². The van der Waals surface area contributed by atoms with Gasteiger partial charge in [0.05, 0.1) is 17.6 Å². The van der Waals surface area contributed by atoms with Crippen LogP contribution in [0.1, 0.15) is 56.2 Å². The van der Waals surface area contributed by atoms with Crippen LogP contribution in [0.5, 0.6) is 0 Å². The minimum Gasteiger partial charge on any atom is -0.309 e. The van der Waals surface area contributed by atoms with E-state index in [1.807, 2.05) is 42.6 Å². The van der Waals surface area contributed by atoms with Gasteiger partial charge in [-0.2, -0.15) is 0 Å². The van der Waals surface area contributed by atoms with Crippen LogP contribution in [0.4, 0.5) is 5.82 Å². The number of nitrogens with zero attached hydrogens (tertiary/aromatic N) is 2. The number of carbonyl (C=O) groups excluding carboxylic acids is 1. The number of amides is 1. The molecule has 0 aliphatic heterocycles. The molecule has 2 aromatic carbocycles. The molecule has 4 bridgehead atoms. The number of hydrogen-bond acceptors (Lipinski definition) is 3. The van der Waals surface area contributed by atoms with Gasteiger partial charge in [0, 0.05) is 12.0 Å². The smallest absolute Gasteiger partial charge is 0.225 e. The lowest BCUT2D eigenvalue weighted by Gasteiger charge is -2.57. The van der Waals surface area contributed by atoms with E-state index in [1.165, 1.54) is 44.1 Å². The summed E-state index contributed by atoms with van der Waals surface area (Å²) in [6.07, 6.45) is 12.2. The molecule has 4 heteroatoms. The summed E-state index contributed by atoms with van der Waals surface area (Å²) < 4.78 is 0. The minimum absolute atomic E-state index is 0.0115. The number of carbonyl (C=O) groups is 1. The second kappa shape index (κ2) is 8.98. The summed E-state index contributed by atoms with van der Waals surface area (Å²) in [5.41, 5.74) is 4.45. The third-order valence-electron chi connectivity index (χ3n) is 8.36. The molecular weight excluding hydrogens is 418 g/mol. The molecule has 1 amide bonds. The predicted octanol–water partition coefficient (Wildman–Crippen LogP) is 6.47. The van der Waals surface area contributed by atoms with E-state index in [0.717, 1.165) is 47.5 Å². The molecule has 3 aromatic rings. The zero-order valence-corrected chi connectivity index (χ0v) is 19.7. The molecule has 4 aliphatic rings. The molecule has 7 rings (SSSR count). The Morgan fingerprint density at radius 2 is 1.50 bits per heavy atom. The van der Waals surface area contributed by atoms with Crippen LogP contribution in [-0.4, -0.2) is 15.9 Å². The first-order valence-electron chi connectivity index (χ1n) is 12.9. The van der Waals surface area contributed by atoms with Crippen molar-refractivity contribution in [3.63, 3.8) is 0 Å². The van der Waals surface area contributed by atoms with Crippen LogP contribution in [0.3, 0.4) is 0 Å². The first-order chi connectivity index (χ1) is 16.6. The van der Waals surface area contributed by atoms with Gasteiger partial charge in [-0.15, -0.1) is 0 Å².